The molecule has 0 rings (SSSR count). The molecule has 0 N–H and O–H groups in total. The zero-order valence-corrected chi connectivity index (χ0v) is 38.2. The lowest BCUT2D eigenvalue weighted by molar-refractivity contribution is -0.167. The van der Waals surface area contributed by atoms with Crippen LogP contribution in [0.4, 0.5) is 0 Å². The van der Waals surface area contributed by atoms with Gasteiger partial charge in [0, 0.05) is 19.3 Å². The molecule has 0 aromatic heterocycles. The molecule has 0 aromatic carbocycles. The Morgan fingerprint density at radius 3 is 1.23 bits per heavy atom. The lowest BCUT2D eigenvalue weighted by Gasteiger charge is -2.18. The normalized spacial score (nSPS) is 13.2. The molecule has 0 bridgehead atoms. The SMILES string of the molecule is CC\C=C/C=C\C=C/C=C\CCCCCCCC(=O)OC(COC(=O)CCCC/C=C\C/C=C\CC)COC(=O)CCCCCCC\C=C/C=C\C=C/C=C\CCCCC. The summed E-state index contributed by atoms with van der Waals surface area (Å²) in [6, 6.07) is 0. The molecular weight excluding hydrogens is 745 g/mol. The predicted octanol–water partition coefficient (Wildman–Crippen LogP) is 15.4. The molecule has 0 spiro atoms. The molecule has 1 atom stereocenters. The number of hydrogen-bond acceptors (Lipinski definition) is 6. The number of carbonyl (C=O) groups excluding carboxylic acids is 3. The Labute approximate surface area is 367 Å². The van der Waals surface area contributed by atoms with E-state index in [0.717, 1.165) is 122 Å². The summed E-state index contributed by atoms with van der Waals surface area (Å²) in [7, 11) is 0. The summed E-state index contributed by atoms with van der Waals surface area (Å²) in [5.41, 5.74) is 0. The van der Waals surface area contributed by atoms with Crippen molar-refractivity contribution in [1.29, 1.82) is 0 Å². The van der Waals surface area contributed by atoms with Gasteiger partial charge in [0.15, 0.2) is 6.10 Å². The lowest BCUT2D eigenvalue weighted by atomic mass is 10.1. The second-order valence-electron chi connectivity index (χ2n) is 15.1. The summed E-state index contributed by atoms with van der Waals surface area (Å²) < 4.78 is 16.6. The highest BCUT2D eigenvalue weighted by molar-refractivity contribution is 5.71. The van der Waals surface area contributed by atoms with E-state index in [1.54, 1.807) is 0 Å². The maximum absolute atomic E-state index is 12.7. The Bertz CT molecular complexity index is 1320. The summed E-state index contributed by atoms with van der Waals surface area (Å²) in [5.74, 6) is -1.01. The number of unbranched alkanes of at least 4 members (excludes halogenated alkanes) is 15. The van der Waals surface area contributed by atoms with Gasteiger partial charge in [0.25, 0.3) is 0 Å². The van der Waals surface area contributed by atoms with Gasteiger partial charge in [-0.1, -0.05) is 194 Å². The topological polar surface area (TPSA) is 78.9 Å². The van der Waals surface area contributed by atoms with Crippen molar-refractivity contribution in [3.63, 3.8) is 0 Å². The lowest BCUT2D eigenvalue weighted by Crippen LogP contribution is -2.30. The highest BCUT2D eigenvalue weighted by Gasteiger charge is 2.19. The average molecular weight is 829 g/mol. The molecule has 6 heteroatoms. The molecule has 0 radical (unpaired) electrons. The third-order valence-electron chi connectivity index (χ3n) is 9.37. The molecule has 0 aliphatic heterocycles. The van der Waals surface area contributed by atoms with E-state index in [9.17, 15) is 14.4 Å². The zero-order chi connectivity index (χ0) is 43.7. The summed E-state index contributed by atoms with van der Waals surface area (Å²) in [6.07, 6.45) is 64.7. The Morgan fingerprint density at radius 1 is 0.367 bits per heavy atom. The third-order valence-corrected chi connectivity index (χ3v) is 9.37. The van der Waals surface area contributed by atoms with Gasteiger partial charge < -0.3 is 14.2 Å². The van der Waals surface area contributed by atoms with Gasteiger partial charge in [-0.15, -0.1) is 0 Å². The smallest absolute Gasteiger partial charge is 0.306 e. The largest absolute Gasteiger partial charge is 0.462 e. The van der Waals surface area contributed by atoms with E-state index < -0.39 is 6.10 Å². The minimum atomic E-state index is -0.815. The number of hydrogen-bond donors (Lipinski definition) is 0. The van der Waals surface area contributed by atoms with Crippen molar-refractivity contribution in [3.05, 3.63) is 122 Å². The molecule has 0 aliphatic carbocycles. The highest BCUT2D eigenvalue weighted by Crippen LogP contribution is 2.12. The average Bonchev–Trinajstić information content (AvgIpc) is 3.24. The van der Waals surface area contributed by atoms with Crippen LogP contribution < -0.4 is 0 Å². The highest BCUT2D eigenvalue weighted by atomic mass is 16.6. The van der Waals surface area contributed by atoms with Crippen LogP contribution in [0.5, 0.6) is 0 Å². The number of ether oxygens (including phenoxy) is 3. The van der Waals surface area contributed by atoms with Gasteiger partial charge in [-0.3, -0.25) is 14.4 Å². The second-order valence-corrected chi connectivity index (χ2v) is 15.1. The van der Waals surface area contributed by atoms with Gasteiger partial charge in [0.2, 0.25) is 0 Å². The minimum absolute atomic E-state index is 0.115. The Balaban J connectivity index is 4.49. The fourth-order valence-corrected chi connectivity index (χ4v) is 5.85. The quantitative estimate of drug-likeness (QED) is 0.0201. The van der Waals surface area contributed by atoms with Crippen LogP contribution in [0.15, 0.2) is 122 Å². The first-order chi connectivity index (χ1) is 29.5. The molecule has 0 saturated heterocycles. The molecule has 0 amide bonds. The van der Waals surface area contributed by atoms with Crippen LogP contribution in [0.25, 0.3) is 0 Å². The number of esters is 3. The van der Waals surface area contributed by atoms with E-state index in [2.05, 4.69) is 118 Å². The third kappa shape index (κ3) is 44.9. The molecule has 0 aliphatic rings. The zero-order valence-electron chi connectivity index (χ0n) is 38.2. The van der Waals surface area contributed by atoms with E-state index in [-0.39, 0.29) is 37.5 Å². The fourth-order valence-electron chi connectivity index (χ4n) is 5.85. The van der Waals surface area contributed by atoms with E-state index in [1.807, 2.05) is 24.3 Å². The summed E-state index contributed by atoms with van der Waals surface area (Å²) in [6.45, 7) is 6.23. The summed E-state index contributed by atoms with van der Waals surface area (Å²) in [5, 5.41) is 0. The van der Waals surface area contributed by atoms with Gasteiger partial charge in [0.05, 0.1) is 0 Å². The van der Waals surface area contributed by atoms with Crippen LogP contribution in [0.3, 0.4) is 0 Å². The Morgan fingerprint density at radius 2 is 0.733 bits per heavy atom. The summed E-state index contributed by atoms with van der Waals surface area (Å²) >= 11 is 0. The molecule has 6 nitrogen and oxygen atoms in total. The van der Waals surface area contributed by atoms with Crippen LogP contribution in [-0.4, -0.2) is 37.2 Å². The van der Waals surface area contributed by atoms with Gasteiger partial charge in [0.1, 0.15) is 13.2 Å². The number of carbonyl (C=O) groups is 3. The molecule has 60 heavy (non-hydrogen) atoms. The van der Waals surface area contributed by atoms with Crippen molar-refractivity contribution < 1.29 is 28.6 Å². The van der Waals surface area contributed by atoms with Crippen LogP contribution in [0, 0.1) is 0 Å². The maximum atomic E-state index is 12.7. The van der Waals surface area contributed by atoms with Crippen LogP contribution in [0.1, 0.15) is 181 Å². The standard InChI is InChI=1S/C54H84O6/c1-4-7-10-13-16-19-21-23-25-26-27-29-30-32-35-38-41-44-47-53(56)59-50-51(49-58-52(55)46-43-40-37-34-18-15-12-9-6-3)60-54(57)48-45-42-39-36-33-31-28-24-22-20-17-14-11-8-5-2/h8-9,11-12,14,16-29,34,51H,4-7,10,13,15,30-33,35-50H2,1-3H3/b11-8-,12-9-,17-14-,19-16-,22-20-,23-21-,26-25-,28-24-,29-27-,34-18-. The Kier molecular flexibility index (Phi) is 44.2. The number of allylic oxidation sites excluding steroid dienone is 20. The maximum Gasteiger partial charge on any atom is 0.306 e. The monoisotopic (exact) mass is 829 g/mol. The van der Waals surface area contributed by atoms with Crippen LogP contribution in [0.2, 0.25) is 0 Å². The van der Waals surface area contributed by atoms with Gasteiger partial charge in [-0.05, 0) is 89.9 Å². The summed E-state index contributed by atoms with van der Waals surface area (Å²) in [4.78, 5) is 37.8. The van der Waals surface area contributed by atoms with Crippen molar-refractivity contribution >= 4 is 17.9 Å². The molecule has 0 aromatic rings. The van der Waals surface area contributed by atoms with E-state index in [0.29, 0.717) is 12.8 Å². The molecule has 336 valence electrons. The van der Waals surface area contributed by atoms with Crippen molar-refractivity contribution in [2.75, 3.05) is 13.2 Å². The first-order valence-corrected chi connectivity index (χ1v) is 23.6. The van der Waals surface area contributed by atoms with Crippen LogP contribution in [-0.2, 0) is 28.6 Å². The molecule has 0 fully saturated rings. The minimum Gasteiger partial charge on any atom is -0.462 e. The first-order valence-electron chi connectivity index (χ1n) is 23.6. The van der Waals surface area contributed by atoms with E-state index in [4.69, 9.17) is 14.2 Å². The van der Waals surface area contributed by atoms with Gasteiger partial charge in [-0.2, -0.15) is 0 Å². The van der Waals surface area contributed by atoms with Crippen molar-refractivity contribution in [2.45, 2.75) is 187 Å². The van der Waals surface area contributed by atoms with Crippen molar-refractivity contribution in [3.8, 4) is 0 Å². The van der Waals surface area contributed by atoms with Crippen LogP contribution >= 0.6 is 0 Å². The molecule has 0 saturated carbocycles. The molecule has 1 unspecified atom stereocenters. The van der Waals surface area contributed by atoms with Crippen molar-refractivity contribution in [2.24, 2.45) is 0 Å². The predicted molar refractivity (Wildman–Crippen MR) is 256 cm³/mol. The van der Waals surface area contributed by atoms with Gasteiger partial charge >= 0.3 is 17.9 Å². The second kappa shape index (κ2) is 47.5. The van der Waals surface area contributed by atoms with Gasteiger partial charge in [-0.25, -0.2) is 0 Å². The van der Waals surface area contributed by atoms with E-state index in [1.165, 1.54) is 19.3 Å². The number of rotatable bonds is 40. The van der Waals surface area contributed by atoms with Crippen molar-refractivity contribution in [1.82, 2.24) is 0 Å². The fraction of sp³-hybridized carbons (Fsp3) is 0.574. The molecular formula is C54H84O6. The Hall–Kier alpha value is -4.19. The van der Waals surface area contributed by atoms with E-state index >= 15 is 0 Å². The molecule has 0 heterocycles. The first kappa shape index (κ1) is 55.8.